The van der Waals surface area contributed by atoms with E-state index in [1.54, 1.807) is 0 Å². The summed E-state index contributed by atoms with van der Waals surface area (Å²) in [5.41, 5.74) is 0. The van der Waals surface area contributed by atoms with Crippen molar-refractivity contribution in [3.05, 3.63) is 0 Å². The fourth-order valence-corrected chi connectivity index (χ4v) is 1.08. The van der Waals surface area contributed by atoms with E-state index >= 15 is 0 Å². The van der Waals surface area contributed by atoms with E-state index in [0.29, 0.717) is 6.42 Å². The molecule has 56 valence electrons. The summed E-state index contributed by atoms with van der Waals surface area (Å²) in [4.78, 5) is 0. The predicted molar refractivity (Wildman–Crippen MR) is 47.2 cm³/mol. The minimum Gasteiger partial charge on any atom is -0.0928 e. The highest BCUT2D eigenvalue weighted by molar-refractivity contribution is 9.09. The zero-order valence-corrected chi connectivity index (χ0v) is 7.71. The summed E-state index contributed by atoms with van der Waals surface area (Å²) in [5.74, 6) is 0. The van der Waals surface area contributed by atoms with Crippen LogP contribution in [0.3, 0.4) is 0 Å². The predicted octanol–water partition coefficient (Wildman–Crippen LogP) is 3.74. The van der Waals surface area contributed by atoms with Gasteiger partial charge in [-0.25, -0.2) is 0 Å². The molecule has 0 N–H and O–H groups in total. The molecule has 0 saturated heterocycles. The summed E-state index contributed by atoms with van der Waals surface area (Å²) < 4.78 is 14.4. The molecule has 0 bridgehead atoms. The van der Waals surface area contributed by atoms with Crippen molar-refractivity contribution < 1.29 is 2.74 Å². The van der Waals surface area contributed by atoms with E-state index in [9.17, 15) is 0 Å². The maximum absolute atomic E-state index is 7.20. The van der Waals surface area contributed by atoms with Crippen LogP contribution in [0.4, 0.5) is 0 Å². The first kappa shape index (κ1) is 6.21. The summed E-state index contributed by atoms with van der Waals surface area (Å²) in [6, 6.07) is 0. The summed E-state index contributed by atoms with van der Waals surface area (Å²) in [7, 11) is 0. The Morgan fingerprint density at radius 1 is 1.11 bits per heavy atom. The van der Waals surface area contributed by atoms with Crippen LogP contribution in [0.15, 0.2) is 0 Å². The van der Waals surface area contributed by atoms with Gasteiger partial charge >= 0.3 is 0 Å². The van der Waals surface area contributed by atoms with Crippen LogP contribution in [0.5, 0.6) is 0 Å². The van der Waals surface area contributed by atoms with Crippen molar-refractivity contribution in [3.63, 3.8) is 0 Å². The van der Waals surface area contributed by atoms with E-state index in [0.717, 1.165) is 6.42 Å². The molecule has 0 saturated carbocycles. The monoisotopic (exact) mass is 194 g/mol. The van der Waals surface area contributed by atoms with Crippen molar-refractivity contribution in [2.24, 2.45) is 0 Å². The summed E-state index contributed by atoms with van der Waals surface area (Å²) in [6.45, 7) is 2.18. The van der Waals surface area contributed by atoms with Gasteiger partial charge in [-0.2, -0.15) is 0 Å². The van der Waals surface area contributed by atoms with Crippen LogP contribution in [0.1, 0.15) is 48.2 Å². The van der Waals surface area contributed by atoms with Gasteiger partial charge < -0.3 is 0 Å². The molecule has 0 fully saturated rings. The molecule has 9 heavy (non-hydrogen) atoms. The van der Waals surface area contributed by atoms with E-state index in [2.05, 4.69) is 22.9 Å². The molecule has 0 aliphatic rings. The van der Waals surface area contributed by atoms with E-state index in [1.165, 1.54) is 25.7 Å². The normalized spacial score (nSPS) is 14.9. The molecule has 0 heterocycles. The Labute approximate surface area is 70.0 Å². The molecular weight excluding hydrogens is 176 g/mol. The number of rotatable bonds is 6. The Balaban J connectivity index is 3.02. The summed E-state index contributed by atoms with van der Waals surface area (Å²) in [5, 5.41) is -1.14. The summed E-state index contributed by atoms with van der Waals surface area (Å²) in [6.07, 6.45) is 6.58. The van der Waals surface area contributed by atoms with Gasteiger partial charge in [0.15, 0.2) is 0 Å². The van der Waals surface area contributed by atoms with Crippen molar-refractivity contribution in [3.8, 4) is 0 Å². The molecule has 0 amide bonds. The van der Waals surface area contributed by atoms with E-state index in [1.807, 2.05) is 0 Å². The maximum atomic E-state index is 7.20. The van der Waals surface area contributed by atoms with Gasteiger partial charge in [0.05, 0.1) is 0 Å². The third-order valence-electron chi connectivity index (χ3n) is 1.37. The van der Waals surface area contributed by atoms with Crippen LogP contribution in [0, 0.1) is 0 Å². The molecule has 0 aromatic rings. The van der Waals surface area contributed by atoms with E-state index in [-0.39, 0.29) is 0 Å². The first-order valence-corrected chi connectivity index (χ1v) is 4.54. The van der Waals surface area contributed by atoms with Gasteiger partial charge in [0.25, 0.3) is 0 Å². The van der Waals surface area contributed by atoms with E-state index < -0.39 is 5.28 Å². The minimum atomic E-state index is -1.14. The number of hydrogen-bond donors (Lipinski definition) is 0. The highest BCUT2D eigenvalue weighted by Gasteiger charge is 1.86. The lowest BCUT2D eigenvalue weighted by Crippen LogP contribution is -1.78. The first-order valence-electron chi connectivity index (χ1n) is 4.75. The molecule has 0 rings (SSSR count). The number of hydrogen-bond acceptors (Lipinski definition) is 0. The number of alkyl halides is 1. The minimum absolute atomic E-state index is 0.636. The topological polar surface area (TPSA) is 0 Å². The lowest BCUT2D eigenvalue weighted by atomic mass is 10.1. The quantitative estimate of drug-likeness (QED) is 0.447. The van der Waals surface area contributed by atoms with Crippen LogP contribution in [-0.4, -0.2) is 5.28 Å². The Kier molecular flexibility index (Phi) is 5.85. The fourth-order valence-electron chi connectivity index (χ4n) is 0.795. The molecular formula is C8H17Br. The van der Waals surface area contributed by atoms with Crippen molar-refractivity contribution in [2.75, 3.05) is 5.28 Å². The Morgan fingerprint density at radius 3 is 2.22 bits per heavy atom. The molecule has 1 heteroatoms. The van der Waals surface area contributed by atoms with Gasteiger partial charge in [-0.1, -0.05) is 55.0 Å². The van der Waals surface area contributed by atoms with Crippen LogP contribution in [0.2, 0.25) is 0 Å². The smallest absolute Gasteiger partial charge is 0.0387 e. The Morgan fingerprint density at radius 2 is 1.67 bits per heavy atom. The molecule has 0 nitrogen and oxygen atoms in total. The molecule has 0 aromatic heterocycles. The third kappa shape index (κ3) is 8.48. The van der Waals surface area contributed by atoms with Gasteiger partial charge in [-0.3, -0.25) is 0 Å². The van der Waals surface area contributed by atoms with Gasteiger partial charge in [-0.15, -0.1) is 0 Å². The Hall–Kier alpha value is 0.480. The highest BCUT2D eigenvalue weighted by atomic mass is 79.9. The second-order valence-corrected chi connectivity index (χ2v) is 2.86. The lowest BCUT2D eigenvalue weighted by molar-refractivity contribution is 0.628. The largest absolute Gasteiger partial charge is 0.0928 e. The maximum Gasteiger partial charge on any atom is 0.0387 e. The fraction of sp³-hybridized carbons (Fsp3) is 1.00. The zero-order chi connectivity index (χ0) is 8.74. The average molecular weight is 195 g/mol. The molecule has 0 aliphatic carbocycles. The van der Waals surface area contributed by atoms with Crippen LogP contribution in [-0.2, 0) is 0 Å². The number of unbranched alkanes of at least 4 members (excludes halogenated alkanes) is 4. The highest BCUT2D eigenvalue weighted by Crippen LogP contribution is 2.05. The van der Waals surface area contributed by atoms with Crippen molar-refractivity contribution in [1.82, 2.24) is 0 Å². The molecule has 0 spiro atoms. The SMILES string of the molecule is [2H]C([2H])(Br)CCCCCCC. The van der Waals surface area contributed by atoms with Gasteiger partial charge in [0, 0.05) is 8.02 Å². The molecule has 0 unspecified atom stereocenters. The average Bonchev–Trinajstić information content (AvgIpc) is 1.85. The zero-order valence-electron chi connectivity index (χ0n) is 8.12. The first-order chi connectivity index (χ1) is 5.06. The van der Waals surface area contributed by atoms with Gasteiger partial charge in [0.1, 0.15) is 0 Å². The summed E-state index contributed by atoms with van der Waals surface area (Å²) >= 11 is 2.98. The molecule has 0 aliphatic heterocycles. The number of halogens is 1. The Bertz CT molecular complexity index is 88.6. The molecule has 0 radical (unpaired) electrons. The molecule has 0 aromatic carbocycles. The second-order valence-electron chi connectivity index (χ2n) is 2.30. The van der Waals surface area contributed by atoms with Crippen LogP contribution >= 0.6 is 15.9 Å². The van der Waals surface area contributed by atoms with Gasteiger partial charge in [-0.05, 0) is 6.42 Å². The second kappa shape index (κ2) is 8.48. The standard InChI is InChI=1S/C8H17Br/c1-2-3-4-5-6-7-8-9/h2-8H2,1H3/i8D2. The van der Waals surface area contributed by atoms with Crippen LogP contribution < -0.4 is 0 Å². The van der Waals surface area contributed by atoms with Crippen LogP contribution in [0.25, 0.3) is 0 Å². The van der Waals surface area contributed by atoms with E-state index in [4.69, 9.17) is 2.74 Å². The van der Waals surface area contributed by atoms with Gasteiger partial charge in [0.2, 0.25) is 0 Å². The third-order valence-corrected chi connectivity index (χ3v) is 1.77. The van der Waals surface area contributed by atoms with Crippen molar-refractivity contribution >= 4 is 15.9 Å². The van der Waals surface area contributed by atoms with Crippen molar-refractivity contribution in [2.45, 2.75) is 45.4 Å². The van der Waals surface area contributed by atoms with Crippen molar-refractivity contribution in [1.29, 1.82) is 0 Å². The molecule has 0 atom stereocenters. The lowest BCUT2D eigenvalue weighted by Gasteiger charge is -1.95.